The Balaban J connectivity index is 2.51. The second-order valence-corrected chi connectivity index (χ2v) is 6.07. The van der Waals surface area contributed by atoms with Gasteiger partial charge in [-0.1, -0.05) is 13.0 Å². The summed E-state index contributed by atoms with van der Waals surface area (Å²) in [4.78, 5) is 1.26. The Bertz CT molecular complexity index is 557. The number of ether oxygens (including phenoxy) is 2. The monoisotopic (exact) mass is 355 g/mol. The predicted octanol–water partition coefficient (Wildman–Crippen LogP) is 4.23. The lowest BCUT2D eigenvalue weighted by Crippen LogP contribution is -2.21. The van der Waals surface area contributed by atoms with Gasteiger partial charge in [0, 0.05) is 10.4 Å². The van der Waals surface area contributed by atoms with Crippen LogP contribution in [0.2, 0.25) is 0 Å². The summed E-state index contributed by atoms with van der Waals surface area (Å²) in [5.41, 5.74) is 1.08. The zero-order valence-corrected chi connectivity index (χ0v) is 14.2. The molecule has 0 bridgehead atoms. The van der Waals surface area contributed by atoms with Gasteiger partial charge in [-0.25, -0.2) is 0 Å². The maximum atomic E-state index is 5.53. The fourth-order valence-corrected chi connectivity index (χ4v) is 3.44. The molecule has 0 saturated carbocycles. The SMILES string of the molecule is CCNC(c1cccs1)c1cc(OC)c(Br)cc1OC. The van der Waals surface area contributed by atoms with Crippen molar-refractivity contribution in [2.24, 2.45) is 0 Å². The van der Waals surface area contributed by atoms with E-state index in [0.29, 0.717) is 0 Å². The van der Waals surface area contributed by atoms with Crippen molar-refractivity contribution in [2.75, 3.05) is 20.8 Å². The molecule has 108 valence electrons. The van der Waals surface area contributed by atoms with E-state index in [-0.39, 0.29) is 6.04 Å². The van der Waals surface area contributed by atoms with Crippen molar-refractivity contribution in [1.29, 1.82) is 0 Å². The highest BCUT2D eigenvalue weighted by molar-refractivity contribution is 9.10. The van der Waals surface area contributed by atoms with Gasteiger partial charge in [-0.2, -0.15) is 0 Å². The van der Waals surface area contributed by atoms with Gasteiger partial charge in [-0.15, -0.1) is 11.3 Å². The molecule has 0 aliphatic carbocycles. The minimum atomic E-state index is 0.108. The third-order valence-electron chi connectivity index (χ3n) is 3.05. The minimum absolute atomic E-state index is 0.108. The molecule has 20 heavy (non-hydrogen) atoms. The molecule has 5 heteroatoms. The van der Waals surface area contributed by atoms with Crippen LogP contribution in [0.1, 0.15) is 23.4 Å². The van der Waals surface area contributed by atoms with Crippen LogP contribution in [0, 0.1) is 0 Å². The Morgan fingerprint density at radius 2 is 2.00 bits per heavy atom. The molecule has 1 aromatic heterocycles. The summed E-state index contributed by atoms with van der Waals surface area (Å²) in [6.45, 7) is 2.98. The number of methoxy groups -OCH3 is 2. The van der Waals surface area contributed by atoms with Crippen LogP contribution < -0.4 is 14.8 Å². The van der Waals surface area contributed by atoms with E-state index in [2.05, 4.69) is 45.7 Å². The van der Waals surface area contributed by atoms with Gasteiger partial charge in [0.15, 0.2) is 0 Å². The molecule has 1 unspecified atom stereocenters. The van der Waals surface area contributed by atoms with Gasteiger partial charge in [0.1, 0.15) is 11.5 Å². The first-order chi connectivity index (χ1) is 9.71. The van der Waals surface area contributed by atoms with Crippen molar-refractivity contribution in [1.82, 2.24) is 5.32 Å². The van der Waals surface area contributed by atoms with E-state index >= 15 is 0 Å². The van der Waals surface area contributed by atoms with Gasteiger partial charge in [0.05, 0.1) is 24.7 Å². The average Bonchev–Trinajstić information content (AvgIpc) is 2.98. The van der Waals surface area contributed by atoms with E-state index in [0.717, 1.165) is 28.1 Å². The Hall–Kier alpha value is -1.04. The predicted molar refractivity (Wildman–Crippen MR) is 87.1 cm³/mol. The van der Waals surface area contributed by atoms with Crippen LogP contribution in [-0.2, 0) is 0 Å². The molecule has 3 nitrogen and oxygen atoms in total. The lowest BCUT2D eigenvalue weighted by Gasteiger charge is -2.21. The minimum Gasteiger partial charge on any atom is -0.496 e. The molecule has 0 radical (unpaired) electrons. The van der Waals surface area contributed by atoms with Crippen molar-refractivity contribution in [2.45, 2.75) is 13.0 Å². The number of halogens is 1. The molecule has 2 rings (SSSR count). The van der Waals surface area contributed by atoms with Gasteiger partial charge in [0.2, 0.25) is 0 Å². The first-order valence-electron chi connectivity index (χ1n) is 6.39. The molecular weight excluding hydrogens is 338 g/mol. The van der Waals surface area contributed by atoms with Gasteiger partial charge in [-0.05, 0) is 46.1 Å². The maximum absolute atomic E-state index is 5.53. The van der Waals surface area contributed by atoms with Crippen LogP contribution >= 0.6 is 27.3 Å². The molecule has 0 fully saturated rings. The van der Waals surface area contributed by atoms with E-state index in [1.807, 2.05) is 12.1 Å². The van der Waals surface area contributed by atoms with Crippen LogP contribution in [0.25, 0.3) is 0 Å². The Morgan fingerprint density at radius 1 is 1.25 bits per heavy atom. The molecule has 0 aliphatic rings. The zero-order valence-electron chi connectivity index (χ0n) is 11.8. The van der Waals surface area contributed by atoms with Gasteiger partial charge >= 0.3 is 0 Å². The van der Waals surface area contributed by atoms with Gasteiger partial charge < -0.3 is 14.8 Å². The third kappa shape index (κ3) is 3.16. The van der Waals surface area contributed by atoms with Crippen LogP contribution in [-0.4, -0.2) is 20.8 Å². The topological polar surface area (TPSA) is 30.5 Å². The Kier molecular flexibility index (Phi) is 5.46. The second-order valence-electron chi connectivity index (χ2n) is 4.23. The Labute approximate surface area is 132 Å². The molecule has 0 saturated heterocycles. The molecule has 0 aliphatic heterocycles. The quantitative estimate of drug-likeness (QED) is 0.840. The van der Waals surface area contributed by atoms with Crippen molar-refractivity contribution in [3.8, 4) is 11.5 Å². The number of thiophene rings is 1. The van der Waals surface area contributed by atoms with Crippen LogP contribution in [0.5, 0.6) is 11.5 Å². The average molecular weight is 356 g/mol. The van der Waals surface area contributed by atoms with E-state index in [1.54, 1.807) is 25.6 Å². The summed E-state index contributed by atoms with van der Waals surface area (Å²) in [6.07, 6.45) is 0. The van der Waals surface area contributed by atoms with E-state index < -0.39 is 0 Å². The lowest BCUT2D eigenvalue weighted by molar-refractivity contribution is 0.392. The highest BCUT2D eigenvalue weighted by atomic mass is 79.9. The third-order valence-corrected chi connectivity index (χ3v) is 4.61. The normalized spacial score (nSPS) is 12.2. The summed E-state index contributed by atoms with van der Waals surface area (Å²) in [6, 6.07) is 8.28. The number of rotatable bonds is 6. The zero-order chi connectivity index (χ0) is 14.5. The lowest BCUT2D eigenvalue weighted by atomic mass is 10.0. The van der Waals surface area contributed by atoms with Crippen molar-refractivity contribution in [3.05, 3.63) is 44.6 Å². The summed E-state index contributed by atoms with van der Waals surface area (Å²) in [7, 11) is 3.36. The fourth-order valence-electron chi connectivity index (χ4n) is 2.13. The summed E-state index contributed by atoms with van der Waals surface area (Å²) < 4.78 is 11.8. The van der Waals surface area contributed by atoms with E-state index in [1.165, 1.54) is 4.88 Å². The van der Waals surface area contributed by atoms with Crippen molar-refractivity contribution >= 4 is 27.3 Å². The number of benzene rings is 1. The molecule has 2 aromatic rings. The highest BCUT2D eigenvalue weighted by Crippen LogP contribution is 2.38. The first-order valence-corrected chi connectivity index (χ1v) is 8.06. The van der Waals surface area contributed by atoms with Crippen molar-refractivity contribution < 1.29 is 9.47 Å². The van der Waals surface area contributed by atoms with Crippen LogP contribution in [0.15, 0.2) is 34.1 Å². The molecular formula is C15H18BrNO2S. The number of nitrogens with one attached hydrogen (secondary N) is 1. The van der Waals surface area contributed by atoms with E-state index in [4.69, 9.17) is 9.47 Å². The molecule has 1 N–H and O–H groups in total. The summed E-state index contributed by atoms with van der Waals surface area (Å²) in [5.74, 6) is 1.65. The van der Waals surface area contributed by atoms with Gasteiger partial charge in [0.25, 0.3) is 0 Å². The number of hydrogen-bond acceptors (Lipinski definition) is 4. The molecule has 1 heterocycles. The largest absolute Gasteiger partial charge is 0.496 e. The smallest absolute Gasteiger partial charge is 0.133 e. The fraction of sp³-hybridized carbons (Fsp3) is 0.333. The van der Waals surface area contributed by atoms with Gasteiger partial charge in [-0.3, -0.25) is 0 Å². The van der Waals surface area contributed by atoms with Crippen LogP contribution in [0.3, 0.4) is 0 Å². The maximum Gasteiger partial charge on any atom is 0.133 e. The number of hydrogen-bond donors (Lipinski definition) is 1. The standard InChI is InChI=1S/C15H18BrNO2S/c1-4-17-15(14-6-5-7-20-14)10-8-13(19-3)11(16)9-12(10)18-2/h5-9,15,17H,4H2,1-3H3. The van der Waals surface area contributed by atoms with Crippen molar-refractivity contribution in [3.63, 3.8) is 0 Å². The molecule has 0 amide bonds. The molecule has 0 spiro atoms. The summed E-state index contributed by atoms with van der Waals surface area (Å²) >= 11 is 5.23. The molecule has 1 atom stereocenters. The second kappa shape index (κ2) is 7.11. The first kappa shape index (κ1) is 15.4. The van der Waals surface area contributed by atoms with Crippen LogP contribution in [0.4, 0.5) is 0 Å². The summed E-state index contributed by atoms with van der Waals surface area (Å²) in [5, 5.41) is 5.59. The Morgan fingerprint density at radius 3 is 2.55 bits per heavy atom. The highest BCUT2D eigenvalue weighted by Gasteiger charge is 2.20. The molecule has 1 aromatic carbocycles. The van der Waals surface area contributed by atoms with E-state index in [9.17, 15) is 0 Å².